The highest BCUT2D eigenvalue weighted by molar-refractivity contribution is 5.80. The standard InChI is InChI=1S/C10H11N3O3/c1-3-16-10(14)7(5-11)8-4-9(15-2)13-6-12-8/h4,6-7H,3H2,1-2H3. The molecule has 0 aliphatic heterocycles. The number of aromatic nitrogens is 2. The lowest BCUT2D eigenvalue weighted by atomic mass is 10.1. The molecule has 1 aromatic heterocycles. The fourth-order valence-corrected chi connectivity index (χ4v) is 1.09. The monoisotopic (exact) mass is 221 g/mol. The Morgan fingerprint density at radius 3 is 2.94 bits per heavy atom. The highest BCUT2D eigenvalue weighted by Crippen LogP contribution is 2.17. The van der Waals surface area contributed by atoms with Crippen LogP contribution in [0.2, 0.25) is 0 Å². The van der Waals surface area contributed by atoms with E-state index >= 15 is 0 Å². The summed E-state index contributed by atoms with van der Waals surface area (Å²) in [5, 5.41) is 8.89. The van der Waals surface area contributed by atoms with E-state index in [4.69, 9.17) is 14.7 Å². The maximum Gasteiger partial charge on any atom is 0.329 e. The van der Waals surface area contributed by atoms with Crippen molar-refractivity contribution in [2.24, 2.45) is 0 Å². The lowest BCUT2D eigenvalue weighted by Crippen LogP contribution is -2.15. The Balaban J connectivity index is 2.95. The van der Waals surface area contributed by atoms with Gasteiger partial charge in [0, 0.05) is 6.07 Å². The lowest BCUT2D eigenvalue weighted by molar-refractivity contribution is -0.143. The van der Waals surface area contributed by atoms with Gasteiger partial charge < -0.3 is 9.47 Å². The normalized spacial score (nSPS) is 11.3. The number of hydrogen-bond acceptors (Lipinski definition) is 6. The molecule has 6 heteroatoms. The zero-order chi connectivity index (χ0) is 12.0. The molecule has 1 atom stereocenters. The van der Waals surface area contributed by atoms with E-state index in [1.54, 1.807) is 6.92 Å². The smallest absolute Gasteiger partial charge is 0.329 e. The molecule has 0 aliphatic carbocycles. The van der Waals surface area contributed by atoms with Crippen molar-refractivity contribution in [1.82, 2.24) is 9.97 Å². The molecule has 16 heavy (non-hydrogen) atoms. The van der Waals surface area contributed by atoms with Gasteiger partial charge in [0.05, 0.1) is 25.5 Å². The Morgan fingerprint density at radius 1 is 1.62 bits per heavy atom. The first kappa shape index (κ1) is 11.9. The van der Waals surface area contributed by atoms with Crippen LogP contribution in [0.5, 0.6) is 5.88 Å². The second kappa shape index (κ2) is 5.66. The molecule has 0 aliphatic rings. The molecule has 1 rings (SSSR count). The molecule has 0 aromatic carbocycles. The average Bonchev–Trinajstić information content (AvgIpc) is 2.31. The van der Waals surface area contributed by atoms with Crippen LogP contribution in [-0.4, -0.2) is 29.7 Å². The predicted molar refractivity (Wildman–Crippen MR) is 53.6 cm³/mol. The van der Waals surface area contributed by atoms with Gasteiger partial charge in [-0.15, -0.1) is 0 Å². The first-order valence-electron chi connectivity index (χ1n) is 4.65. The molecule has 0 N–H and O–H groups in total. The first-order chi connectivity index (χ1) is 7.72. The number of ether oxygens (including phenoxy) is 2. The number of nitriles is 1. The zero-order valence-corrected chi connectivity index (χ0v) is 9.01. The van der Waals surface area contributed by atoms with Crippen LogP contribution in [0.1, 0.15) is 18.5 Å². The third-order valence-corrected chi connectivity index (χ3v) is 1.82. The summed E-state index contributed by atoms with van der Waals surface area (Å²) in [5.74, 6) is -1.36. The molecule has 1 aromatic rings. The number of carbonyl (C=O) groups excluding carboxylic acids is 1. The van der Waals surface area contributed by atoms with Crippen LogP contribution in [0.25, 0.3) is 0 Å². The van der Waals surface area contributed by atoms with Crippen molar-refractivity contribution in [3.63, 3.8) is 0 Å². The van der Waals surface area contributed by atoms with E-state index in [2.05, 4.69) is 9.97 Å². The van der Waals surface area contributed by atoms with Crippen LogP contribution in [0.15, 0.2) is 12.4 Å². The molecule has 0 spiro atoms. The Labute approximate surface area is 92.8 Å². The van der Waals surface area contributed by atoms with Gasteiger partial charge in [-0.1, -0.05) is 0 Å². The Bertz CT molecular complexity index is 414. The van der Waals surface area contributed by atoms with Crippen LogP contribution < -0.4 is 4.74 Å². The van der Waals surface area contributed by atoms with Crippen LogP contribution in [-0.2, 0) is 9.53 Å². The summed E-state index contributed by atoms with van der Waals surface area (Å²) < 4.78 is 9.64. The van der Waals surface area contributed by atoms with Gasteiger partial charge >= 0.3 is 5.97 Å². The molecule has 0 saturated heterocycles. The minimum Gasteiger partial charge on any atom is -0.481 e. The van der Waals surface area contributed by atoms with Crippen LogP contribution in [0.3, 0.4) is 0 Å². The van der Waals surface area contributed by atoms with E-state index in [-0.39, 0.29) is 12.3 Å². The van der Waals surface area contributed by atoms with E-state index in [0.717, 1.165) is 0 Å². The topological polar surface area (TPSA) is 85.1 Å². The molecule has 0 saturated carbocycles. The van der Waals surface area contributed by atoms with Crippen molar-refractivity contribution in [2.75, 3.05) is 13.7 Å². The molecule has 84 valence electrons. The number of methoxy groups -OCH3 is 1. The second-order valence-corrected chi connectivity index (χ2v) is 2.80. The molecule has 0 radical (unpaired) electrons. The summed E-state index contributed by atoms with van der Waals surface area (Å²) in [6.07, 6.45) is 1.23. The number of esters is 1. The molecular formula is C10H11N3O3. The van der Waals surface area contributed by atoms with Crippen LogP contribution in [0.4, 0.5) is 0 Å². The quantitative estimate of drug-likeness (QED) is 0.694. The number of hydrogen-bond donors (Lipinski definition) is 0. The molecule has 0 fully saturated rings. The fourth-order valence-electron chi connectivity index (χ4n) is 1.09. The molecule has 1 unspecified atom stereocenters. The Morgan fingerprint density at radius 2 is 2.38 bits per heavy atom. The maximum atomic E-state index is 11.4. The summed E-state index contributed by atoms with van der Waals surface area (Å²) in [6, 6.07) is 3.27. The third kappa shape index (κ3) is 2.67. The van der Waals surface area contributed by atoms with Crippen LogP contribution >= 0.6 is 0 Å². The Hall–Kier alpha value is -2.16. The number of rotatable bonds is 4. The highest BCUT2D eigenvalue weighted by atomic mass is 16.5. The largest absolute Gasteiger partial charge is 0.481 e. The van der Waals surface area contributed by atoms with E-state index in [1.165, 1.54) is 19.5 Å². The minimum absolute atomic E-state index is 0.221. The summed E-state index contributed by atoms with van der Waals surface area (Å²) in [6.45, 7) is 1.89. The Kier molecular flexibility index (Phi) is 4.21. The zero-order valence-electron chi connectivity index (χ0n) is 9.01. The van der Waals surface area contributed by atoms with Gasteiger partial charge in [0.15, 0.2) is 5.92 Å². The fraction of sp³-hybridized carbons (Fsp3) is 0.400. The maximum absolute atomic E-state index is 11.4. The van der Waals surface area contributed by atoms with Crippen molar-refractivity contribution in [3.05, 3.63) is 18.1 Å². The van der Waals surface area contributed by atoms with Crippen molar-refractivity contribution in [2.45, 2.75) is 12.8 Å². The van der Waals surface area contributed by atoms with Gasteiger partial charge in [-0.05, 0) is 6.92 Å². The van der Waals surface area contributed by atoms with E-state index in [9.17, 15) is 4.79 Å². The molecule has 6 nitrogen and oxygen atoms in total. The van der Waals surface area contributed by atoms with Gasteiger partial charge in [0.25, 0.3) is 0 Å². The summed E-state index contributed by atoms with van der Waals surface area (Å²) in [7, 11) is 1.44. The van der Waals surface area contributed by atoms with E-state index < -0.39 is 11.9 Å². The highest BCUT2D eigenvalue weighted by Gasteiger charge is 2.23. The summed E-state index contributed by atoms with van der Waals surface area (Å²) in [5.41, 5.74) is 0.271. The second-order valence-electron chi connectivity index (χ2n) is 2.80. The molecule has 1 heterocycles. The van der Waals surface area contributed by atoms with E-state index in [1.807, 2.05) is 6.07 Å². The minimum atomic E-state index is -1.04. The van der Waals surface area contributed by atoms with Crippen molar-refractivity contribution < 1.29 is 14.3 Å². The van der Waals surface area contributed by atoms with Gasteiger partial charge in [-0.3, -0.25) is 4.79 Å². The van der Waals surface area contributed by atoms with Gasteiger partial charge in [0.1, 0.15) is 6.33 Å². The van der Waals surface area contributed by atoms with Gasteiger partial charge in [-0.2, -0.15) is 5.26 Å². The van der Waals surface area contributed by atoms with Crippen LogP contribution in [0, 0.1) is 11.3 Å². The predicted octanol–water partition coefficient (Wildman–Crippen LogP) is 0.655. The number of carbonyl (C=O) groups is 1. The average molecular weight is 221 g/mol. The summed E-state index contributed by atoms with van der Waals surface area (Å²) in [4.78, 5) is 19.1. The molecular weight excluding hydrogens is 210 g/mol. The van der Waals surface area contributed by atoms with Crippen molar-refractivity contribution in [1.29, 1.82) is 5.26 Å². The SMILES string of the molecule is CCOC(=O)C(C#N)c1cc(OC)ncn1. The summed E-state index contributed by atoms with van der Waals surface area (Å²) >= 11 is 0. The van der Waals surface area contributed by atoms with Gasteiger partial charge in [0.2, 0.25) is 5.88 Å². The lowest BCUT2D eigenvalue weighted by Gasteiger charge is -2.07. The molecule has 0 amide bonds. The van der Waals surface area contributed by atoms with E-state index in [0.29, 0.717) is 5.88 Å². The first-order valence-corrected chi connectivity index (χ1v) is 4.65. The van der Waals surface area contributed by atoms with Gasteiger partial charge in [-0.25, -0.2) is 9.97 Å². The van der Waals surface area contributed by atoms with Crippen molar-refractivity contribution >= 4 is 5.97 Å². The van der Waals surface area contributed by atoms with Crippen molar-refractivity contribution in [3.8, 4) is 11.9 Å². The third-order valence-electron chi connectivity index (χ3n) is 1.82. The molecule has 0 bridgehead atoms. The number of nitrogens with zero attached hydrogens (tertiary/aromatic N) is 3.